The Morgan fingerprint density at radius 1 is 1.16 bits per heavy atom. The van der Waals surface area contributed by atoms with E-state index in [1.165, 1.54) is 35.2 Å². The number of non-ortho nitro benzene ring substituents is 1. The number of nitro benzene ring substituents is 1. The number of phenols is 1. The summed E-state index contributed by atoms with van der Waals surface area (Å²) in [5.74, 6) is -2.47. The summed E-state index contributed by atoms with van der Waals surface area (Å²) < 4.78 is 0. The zero-order valence-electron chi connectivity index (χ0n) is 18.3. The fourth-order valence-corrected chi connectivity index (χ4v) is 3.71. The molecule has 168 valence electrons. The summed E-state index contributed by atoms with van der Waals surface area (Å²) in [6.07, 6.45) is 0. The average Bonchev–Trinajstić information content (AvgIpc) is 2.99. The molecule has 1 amide bonds. The molecule has 0 radical (unpaired) electrons. The highest BCUT2D eigenvalue weighted by Gasteiger charge is 2.46. The molecule has 0 bridgehead atoms. The molecule has 32 heavy (non-hydrogen) atoms. The number of hydrogen-bond acceptors (Lipinski definition) is 7. The Bertz CT molecular complexity index is 1140. The molecule has 1 fully saturated rings. The highest BCUT2D eigenvalue weighted by atomic mass is 16.6. The van der Waals surface area contributed by atoms with Crippen LogP contribution in [0.4, 0.5) is 5.69 Å². The predicted molar refractivity (Wildman–Crippen MR) is 118 cm³/mol. The van der Waals surface area contributed by atoms with Gasteiger partial charge in [-0.1, -0.05) is 12.1 Å². The number of amides is 1. The number of likely N-dealkylation sites (tertiary alicyclic amines) is 1. The number of rotatable bonds is 6. The first-order chi connectivity index (χ1) is 15.0. The zero-order chi connectivity index (χ0) is 23.7. The van der Waals surface area contributed by atoms with Crippen molar-refractivity contribution in [3.8, 4) is 5.75 Å². The maximum absolute atomic E-state index is 13.0. The van der Waals surface area contributed by atoms with E-state index in [-0.39, 0.29) is 29.1 Å². The van der Waals surface area contributed by atoms with Gasteiger partial charge in [0.05, 0.1) is 22.1 Å². The minimum Gasteiger partial charge on any atom is -0.507 e. The number of Topliss-reactive ketones (excluding diaryl/α,β-unsaturated/α-hetero) is 1. The number of aliphatic hydroxyl groups excluding tert-OH is 1. The lowest BCUT2D eigenvalue weighted by molar-refractivity contribution is -0.384. The Hall–Kier alpha value is -3.72. The Labute approximate surface area is 185 Å². The second-order valence-corrected chi connectivity index (χ2v) is 8.10. The van der Waals surface area contributed by atoms with Gasteiger partial charge in [0.2, 0.25) is 0 Å². The van der Waals surface area contributed by atoms with E-state index in [2.05, 4.69) is 0 Å². The molecule has 1 atom stereocenters. The number of phenolic OH excluding ortho intramolecular Hbond substituents is 1. The summed E-state index contributed by atoms with van der Waals surface area (Å²) in [5.41, 5.74) is 1.50. The monoisotopic (exact) mass is 439 g/mol. The van der Waals surface area contributed by atoms with Crippen LogP contribution in [0.15, 0.2) is 42.0 Å². The number of carbonyl (C=O) groups excluding carboxylic acids is 2. The van der Waals surface area contributed by atoms with E-state index in [0.717, 1.165) is 11.1 Å². The summed E-state index contributed by atoms with van der Waals surface area (Å²) in [6.45, 7) is 4.19. The molecule has 0 unspecified atom stereocenters. The van der Waals surface area contributed by atoms with Crippen molar-refractivity contribution in [2.45, 2.75) is 19.9 Å². The lowest BCUT2D eigenvalue weighted by atomic mass is 9.93. The van der Waals surface area contributed by atoms with Gasteiger partial charge >= 0.3 is 0 Å². The minimum atomic E-state index is -1.03. The molecule has 2 N–H and O–H groups in total. The third-order valence-electron chi connectivity index (χ3n) is 5.59. The number of aryl methyl sites for hydroxylation is 2. The Morgan fingerprint density at radius 3 is 2.44 bits per heavy atom. The molecule has 1 saturated heterocycles. The average molecular weight is 439 g/mol. The van der Waals surface area contributed by atoms with Crippen molar-refractivity contribution in [3.05, 3.63) is 74.3 Å². The van der Waals surface area contributed by atoms with Crippen LogP contribution in [-0.4, -0.2) is 63.8 Å². The van der Waals surface area contributed by atoms with E-state index in [1.807, 2.05) is 19.0 Å². The van der Waals surface area contributed by atoms with Gasteiger partial charge in [-0.25, -0.2) is 0 Å². The van der Waals surface area contributed by atoms with Crippen molar-refractivity contribution in [3.63, 3.8) is 0 Å². The number of carbonyl (C=O) groups is 2. The molecular formula is C23H25N3O6. The van der Waals surface area contributed by atoms with Crippen LogP contribution < -0.4 is 0 Å². The van der Waals surface area contributed by atoms with Crippen LogP contribution in [0, 0.1) is 24.0 Å². The first kappa shape index (κ1) is 23.0. The normalized spacial score (nSPS) is 17.9. The van der Waals surface area contributed by atoms with Crippen LogP contribution in [0.5, 0.6) is 5.75 Å². The lowest BCUT2D eigenvalue weighted by Crippen LogP contribution is -2.35. The van der Waals surface area contributed by atoms with E-state index in [0.29, 0.717) is 12.1 Å². The van der Waals surface area contributed by atoms with Gasteiger partial charge in [-0.3, -0.25) is 19.7 Å². The molecule has 1 aliphatic heterocycles. The van der Waals surface area contributed by atoms with Crippen LogP contribution in [0.3, 0.4) is 0 Å². The number of ketones is 1. The number of nitrogens with zero attached hydrogens (tertiary/aromatic N) is 3. The van der Waals surface area contributed by atoms with Gasteiger partial charge in [0.15, 0.2) is 0 Å². The standard InChI is InChI=1S/C23H25N3O6/c1-13-10-17(18(27)11-14(13)2)21(28)19-20(15-6-5-7-16(12-15)26(31)32)25(9-8-24(3)4)23(30)22(19)29/h5-7,10-12,20,27-28H,8-9H2,1-4H3/t20-/m1/s1. The first-order valence-corrected chi connectivity index (χ1v) is 10.0. The first-order valence-electron chi connectivity index (χ1n) is 10.0. The highest BCUT2D eigenvalue weighted by molar-refractivity contribution is 6.46. The van der Waals surface area contributed by atoms with Gasteiger partial charge in [-0.15, -0.1) is 0 Å². The second-order valence-electron chi connectivity index (χ2n) is 8.10. The topological polar surface area (TPSA) is 124 Å². The van der Waals surface area contributed by atoms with Crippen molar-refractivity contribution in [2.75, 3.05) is 27.2 Å². The SMILES string of the molecule is Cc1cc(O)c(C(O)=C2C(=O)C(=O)N(CCN(C)C)[C@@H]2c2cccc([N+](=O)[O-])c2)cc1C. The molecule has 9 heteroatoms. The summed E-state index contributed by atoms with van der Waals surface area (Å²) in [4.78, 5) is 39.8. The van der Waals surface area contributed by atoms with Gasteiger partial charge in [0.25, 0.3) is 17.4 Å². The Morgan fingerprint density at radius 2 is 1.81 bits per heavy atom. The van der Waals surface area contributed by atoms with E-state index < -0.39 is 28.4 Å². The molecule has 0 spiro atoms. The van der Waals surface area contributed by atoms with Crippen LogP contribution >= 0.6 is 0 Å². The van der Waals surface area contributed by atoms with E-state index in [4.69, 9.17) is 0 Å². The van der Waals surface area contributed by atoms with Crippen molar-refractivity contribution in [1.29, 1.82) is 0 Å². The number of likely N-dealkylation sites (N-methyl/N-ethyl adjacent to an activating group) is 1. The van der Waals surface area contributed by atoms with Crippen LogP contribution in [-0.2, 0) is 9.59 Å². The van der Waals surface area contributed by atoms with Gasteiger partial charge in [0, 0.05) is 25.2 Å². The van der Waals surface area contributed by atoms with Crippen LogP contribution in [0.25, 0.3) is 5.76 Å². The molecule has 0 aromatic heterocycles. The zero-order valence-corrected chi connectivity index (χ0v) is 18.3. The molecular weight excluding hydrogens is 414 g/mol. The second kappa shape index (κ2) is 8.80. The third kappa shape index (κ3) is 4.19. The Kier molecular flexibility index (Phi) is 6.31. The maximum Gasteiger partial charge on any atom is 0.295 e. The maximum atomic E-state index is 13.0. The predicted octanol–water partition coefficient (Wildman–Crippen LogP) is 2.90. The largest absolute Gasteiger partial charge is 0.507 e. The van der Waals surface area contributed by atoms with Crippen molar-refractivity contribution in [1.82, 2.24) is 9.80 Å². The van der Waals surface area contributed by atoms with Gasteiger partial charge < -0.3 is 20.0 Å². The molecule has 9 nitrogen and oxygen atoms in total. The number of aliphatic hydroxyl groups is 1. The smallest absolute Gasteiger partial charge is 0.295 e. The van der Waals surface area contributed by atoms with Gasteiger partial charge in [-0.05, 0) is 56.8 Å². The number of benzene rings is 2. The molecule has 0 aliphatic carbocycles. The Balaban J connectivity index is 2.24. The summed E-state index contributed by atoms with van der Waals surface area (Å²) in [5, 5.41) is 32.8. The van der Waals surface area contributed by atoms with Crippen LogP contribution in [0.1, 0.15) is 28.3 Å². The highest BCUT2D eigenvalue weighted by Crippen LogP contribution is 2.41. The summed E-state index contributed by atoms with van der Waals surface area (Å²) in [7, 11) is 3.62. The van der Waals surface area contributed by atoms with E-state index in [9.17, 15) is 29.9 Å². The van der Waals surface area contributed by atoms with Crippen molar-refractivity contribution in [2.24, 2.45) is 0 Å². The molecule has 2 aromatic carbocycles. The van der Waals surface area contributed by atoms with Gasteiger partial charge in [-0.2, -0.15) is 0 Å². The third-order valence-corrected chi connectivity index (χ3v) is 5.59. The van der Waals surface area contributed by atoms with Crippen molar-refractivity contribution < 1.29 is 24.7 Å². The molecule has 2 aromatic rings. The molecule has 0 saturated carbocycles. The fraction of sp³-hybridized carbons (Fsp3) is 0.304. The van der Waals surface area contributed by atoms with Crippen molar-refractivity contribution >= 4 is 23.1 Å². The number of hydrogen-bond donors (Lipinski definition) is 2. The summed E-state index contributed by atoms with van der Waals surface area (Å²) >= 11 is 0. The number of aromatic hydroxyl groups is 1. The molecule has 1 heterocycles. The lowest BCUT2D eigenvalue weighted by Gasteiger charge is -2.26. The van der Waals surface area contributed by atoms with E-state index in [1.54, 1.807) is 19.9 Å². The molecule has 1 aliphatic rings. The number of nitro groups is 1. The fourth-order valence-electron chi connectivity index (χ4n) is 3.71. The van der Waals surface area contributed by atoms with E-state index >= 15 is 0 Å². The minimum absolute atomic E-state index is 0.0224. The van der Waals surface area contributed by atoms with Gasteiger partial charge in [0.1, 0.15) is 11.5 Å². The summed E-state index contributed by atoms with van der Waals surface area (Å²) in [6, 6.07) is 7.60. The van der Waals surface area contributed by atoms with Crippen LogP contribution in [0.2, 0.25) is 0 Å². The molecule has 3 rings (SSSR count). The quantitative estimate of drug-likeness (QED) is 0.233.